The lowest BCUT2D eigenvalue weighted by Gasteiger charge is -2.50. The third-order valence-corrected chi connectivity index (χ3v) is 9.66. The Bertz CT molecular complexity index is 1140. The van der Waals surface area contributed by atoms with Gasteiger partial charge in [0.25, 0.3) is 10.1 Å². The van der Waals surface area contributed by atoms with Crippen LogP contribution in [0.5, 0.6) is 0 Å². The number of ether oxygens (including phenoxy) is 1. The molecule has 6 nitrogen and oxygen atoms in total. The van der Waals surface area contributed by atoms with Gasteiger partial charge in [-0.3, -0.25) is 13.9 Å². The molecule has 0 amide bonds. The zero-order chi connectivity index (χ0) is 24.5. The van der Waals surface area contributed by atoms with E-state index in [4.69, 9.17) is 8.92 Å². The Morgan fingerprint density at radius 1 is 1.18 bits per heavy atom. The summed E-state index contributed by atoms with van der Waals surface area (Å²) in [5, 5.41) is 0. The van der Waals surface area contributed by atoms with Gasteiger partial charge in [-0.05, 0) is 104 Å². The van der Waals surface area contributed by atoms with Crippen molar-refractivity contribution in [3.05, 3.63) is 63.2 Å². The Morgan fingerprint density at radius 2 is 1.91 bits per heavy atom. The maximum absolute atomic E-state index is 13.2. The van der Waals surface area contributed by atoms with Gasteiger partial charge in [0.1, 0.15) is 0 Å². The number of rotatable bonds is 8. The molecule has 2 heterocycles. The van der Waals surface area contributed by atoms with Crippen molar-refractivity contribution < 1.29 is 22.1 Å². The SMILES string of the molecule is COC(=O)[C@@H]1C2CCC(C[C@@]1(CCCOS(=O)(=O)c1cccc(C)c1)c1ccc(I)cc1)N2C. The second-order valence-corrected chi connectivity index (χ2v) is 12.4. The minimum absolute atomic E-state index is 0.0709. The molecule has 2 aliphatic heterocycles. The van der Waals surface area contributed by atoms with Crippen LogP contribution in [0.1, 0.15) is 43.2 Å². The van der Waals surface area contributed by atoms with E-state index in [0.717, 1.165) is 34.0 Å². The smallest absolute Gasteiger partial charge is 0.311 e. The van der Waals surface area contributed by atoms with E-state index < -0.39 is 15.5 Å². The molecule has 2 fully saturated rings. The van der Waals surface area contributed by atoms with Gasteiger partial charge in [-0.2, -0.15) is 8.42 Å². The normalized spacial score (nSPS) is 27.0. The number of halogens is 1. The van der Waals surface area contributed by atoms with Gasteiger partial charge in [0.05, 0.1) is 24.5 Å². The maximum atomic E-state index is 13.2. The largest absolute Gasteiger partial charge is 0.469 e. The summed E-state index contributed by atoms with van der Waals surface area (Å²) in [4.78, 5) is 15.7. The molecule has 0 aliphatic carbocycles. The highest BCUT2D eigenvalue weighted by molar-refractivity contribution is 14.1. The topological polar surface area (TPSA) is 72.9 Å². The third-order valence-electron chi connectivity index (χ3n) is 7.63. The number of hydrogen-bond acceptors (Lipinski definition) is 6. The van der Waals surface area contributed by atoms with Crippen molar-refractivity contribution >= 4 is 38.7 Å². The molecule has 2 bridgehead atoms. The van der Waals surface area contributed by atoms with E-state index >= 15 is 0 Å². The molecular formula is C26H32INO5S. The number of carbonyl (C=O) groups is 1. The lowest BCUT2D eigenvalue weighted by Crippen LogP contribution is -2.57. The molecule has 2 aliphatic rings. The molecule has 2 unspecified atom stereocenters. The van der Waals surface area contributed by atoms with Crippen LogP contribution < -0.4 is 0 Å². The number of hydrogen-bond donors (Lipinski definition) is 0. The Balaban J connectivity index is 1.60. The van der Waals surface area contributed by atoms with Gasteiger partial charge in [-0.15, -0.1) is 0 Å². The van der Waals surface area contributed by atoms with Gasteiger partial charge in [-0.25, -0.2) is 0 Å². The summed E-state index contributed by atoms with van der Waals surface area (Å²) in [5.74, 6) is -0.501. The molecule has 0 aromatic heterocycles. The summed E-state index contributed by atoms with van der Waals surface area (Å²) in [6.07, 6.45) is 4.03. The van der Waals surface area contributed by atoms with E-state index in [1.54, 1.807) is 18.2 Å². The number of nitrogens with zero attached hydrogens (tertiary/aromatic N) is 1. The average molecular weight is 598 g/mol. The monoisotopic (exact) mass is 597 g/mol. The first-order valence-corrected chi connectivity index (χ1v) is 14.2. The van der Waals surface area contributed by atoms with E-state index in [1.165, 1.54) is 7.11 Å². The third kappa shape index (κ3) is 4.92. The molecule has 4 atom stereocenters. The fourth-order valence-electron chi connectivity index (χ4n) is 5.99. The number of esters is 1. The number of piperidine rings is 1. The Hall–Kier alpha value is -1.49. The first-order chi connectivity index (χ1) is 16.2. The number of methoxy groups -OCH3 is 1. The molecule has 0 N–H and O–H groups in total. The highest BCUT2D eigenvalue weighted by Gasteiger charge is 2.57. The van der Waals surface area contributed by atoms with E-state index in [0.29, 0.717) is 18.9 Å². The Labute approximate surface area is 216 Å². The number of benzene rings is 2. The lowest BCUT2D eigenvalue weighted by molar-refractivity contribution is -0.154. The molecular weight excluding hydrogens is 565 g/mol. The van der Waals surface area contributed by atoms with Crippen LogP contribution in [0, 0.1) is 16.4 Å². The van der Waals surface area contributed by atoms with Gasteiger partial charge in [-0.1, -0.05) is 24.3 Å². The van der Waals surface area contributed by atoms with Gasteiger partial charge >= 0.3 is 5.97 Å². The second kappa shape index (κ2) is 10.2. The van der Waals surface area contributed by atoms with Gasteiger partial charge in [0.2, 0.25) is 0 Å². The summed E-state index contributed by atoms with van der Waals surface area (Å²) in [6.45, 7) is 1.92. The van der Waals surface area contributed by atoms with Crippen LogP contribution >= 0.6 is 22.6 Å². The van der Waals surface area contributed by atoms with E-state index in [-0.39, 0.29) is 29.4 Å². The molecule has 2 aromatic rings. The fraction of sp³-hybridized carbons (Fsp3) is 0.500. The number of carbonyl (C=O) groups excluding carboxylic acids is 1. The van der Waals surface area contributed by atoms with Crippen LogP contribution in [0.15, 0.2) is 53.4 Å². The van der Waals surface area contributed by atoms with Crippen molar-refractivity contribution in [1.29, 1.82) is 0 Å². The highest BCUT2D eigenvalue weighted by atomic mass is 127. The first-order valence-electron chi connectivity index (χ1n) is 11.7. The molecule has 0 radical (unpaired) electrons. The van der Waals surface area contributed by atoms with Gasteiger partial charge in [0.15, 0.2) is 0 Å². The molecule has 184 valence electrons. The van der Waals surface area contributed by atoms with E-state index in [9.17, 15) is 13.2 Å². The first kappa shape index (κ1) is 25.6. The zero-order valence-corrected chi connectivity index (χ0v) is 22.8. The van der Waals surface area contributed by atoms with Crippen molar-refractivity contribution in [3.8, 4) is 0 Å². The summed E-state index contributed by atoms with van der Waals surface area (Å²) in [6, 6.07) is 15.6. The Morgan fingerprint density at radius 3 is 2.59 bits per heavy atom. The van der Waals surface area contributed by atoms with Crippen LogP contribution in [0.25, 0.3) is 0 Å². The second-order valence-electron chi connectivity index (χ2n) is 9.53. The summed E-state index contributed by atoms with van der Waals surface area (Å²) in [7, 11) is -0.266. The predicted octanol–water partition coefficient (Wildman–Crippen LogP) is 4.68. The van der Waals surface area contributed by atoms with Crippen LogP contribution in [0.2, 0.25) is 0 Å². The van der Waals surface area contributed by atoms with Crippen molar-refractivity contribution in [1.82, 2.24) is 4.90 Å². The zero-order valence-electron chi connectivity index (χ0n) is 19.9. The van der Waals surface area contributed by atoms with E-state index in [1.807, 2.05) is 13.0 Å². The quantitative estimate of drug-likeness (QED) is 0.191. The van der Waals surface area contributed by atoms with Crippen LogP contribution in [0.3, 0.4) is 0 Å². The van der Waals surface area contributed by atoms with Crippen molar-refractivity contribution in [2.24, 2.45) is 5.92 Å². The van der Waals surface area contributed by atoms with Crippen molar-refractivity contribution in [2.75, 3.05) is 20.8 Å². The minimum atomic E-state index is -3.83. The number of aryl methyl sites for hydroxylation is 1. The van der Waals surface area contributed by atoms with Crippen LogP contribution in [-0.4, -0.2) is 52.1 Å². The summed E-state index contributed by atoms with van der Waals surface area (Å²) < 4.78 is 37.3. The lowest BCUT2D eigenvalue weighted by atomic mass is 9.60. The van der Waals surface area contributed by atoms with Crippen LogP contribution in [0.4, 0.5) is 0 Å². The van der Waals surface area contributed by atoms with Gasteiger partial charge in [0, 0.05) is 21.1 Å². The molecule has 34 heavy (non-hydrogen) atoms. The van der Waals surface area contributed by atoms with Crippen molar-refractivity contribution in [2.45, 2.75) is 61.4 Å². The molecule has 8 heteroatoms. The molecule has 4 rings (SSSR count). The Kier molecular flexibility index (Phi) is 7.71. The molecule has 2 aromatic carbocycles. The maximum Gasteiger partial charge on any atom is 0.311 e. The summed E-state index contributed by atoms with van der Waals surface area (Å²) >= 11 is 2.29. The minimum Gasteiger partial charge on any atom is -0.469 e. The van der Waals surface area contributed by atoms with Gasteiger partial charge < -0.3 is 4.74 Å². The molecule has 0 saturated carbocycles. The number of fused-ring (bicyclic) bond motifs is 2. The van der Waals surface area contributed by atoms with Crippen molar-refractivity contribution in [3.63, 3.8) is 0 Å². The average Bonchev–Trinajstić information content (AvgIpc) is 3.06. The fourth-order valence-corrected chi connectivity index (χ4v) is 7.40. The standard InChI is InChI=1S/C26H32INO5S/c1-18-6-4-7-22(16-18)34(30,31)33-15-5-14-26(19-8-10-20(27)11-9-19)17-21-12-13-23(28(21)2)24(26)25(29)32-3/h4,6-11,16,21,23-24H,5,12-15,17H2,1-3H3/t21?,23?,24-,26-/m0/s1. The van der Waals surface area contributed by atoms with Crippen LogP contribution in [-0.2, 0) is 29.2 Å². The predicted molar refractivity (Wildman–Crippen MR) is 139 cm³/mol. The molecule has 2 saturated heterocycles. The highest BCUT2D eigenvalue weighted by Crippen LogP contribution is 2.53. The molecule has 0 spiro atoms. The summed E-state index contributed by atoms with van der Waals surface area (Å²) in [5.41, 5.74) is 1.56. The van der Waals surface area contributed by atoms with E-state index in [2.05, 4.69) is 58.8 Å².